The third-order valence-corrected chi connectivity index (χ3v) is 7.69. The highest BCUT2D eigenvalue weighted by Gasteiger charge is 2.33. The smallest absolute Gasteiger partial charge is 0.337 e. The number of ether oxygens (including phenoxy) is 2. The van der Waals surface area contributed by atoms with Crippen molar-refractivity contribution in [3.05, 3.63) is 0 Å². The molecule has 0 spiro atoms. The Morgan fingerprint density at radius 3 is 1.71 bits per heavy atom. The fourth-order valence-electron chi connectivity index (χ4n) is 2.62. The van der Waals surface area contributed by atoms with E-state index in [1.165, 1.54) is 0 Å². The zero-order chi connectivity index (χ0) is 16.3. The van der Waals surface area contributed by atoms with Crippen LogP contribution in [0.4, 0.5) is 0 Å². The summed E-state index contributed by atoms with van der Waals surface area (Å²) < 4.78 is 22.8. The standard InChI is InChI=1S/C15H35NO4Si/c1-8-19-14(4)16(15(5)20-9-2)12-11-13-21(10-3,17-6)18-7/h14-15H,8-13H2,1-7H3. The minimum Gasteiger partial charge on any atom is -0.398 e. The summed E-state index contributed by atoms with van der Waals surface area (Å²) in [6.07, 6.45) is 1.13. The predicted octanol–water partition coefficient (Wildman–Crippen LogP) is 3.20. The van der Waals surface area contributed by atoms with Gasteiger partial charge in [-0.05, 0) is 46.2 Å². The average Bonchev–Trinajstić information content (AvgIpc) is 2.48. The van der Waals surface area contributed by atoms with E-state index < -0.39 is 8.56 Å². The zero-order valence-electron chi connectivity index (χ0n) is 15.0. The minimum atomic E-state index is -2.00. The molecule has 21 heavy (non-hydrogen) atoms. The van der Waals surface area contributed by atoms with Crippen molar-refractivity contribution in [2.24, 2.45) is 0 Å². The van der Waals surface area contributed by atoms with E-state index in [1.54, 1.807) is 14.2 Å². The molecule has 0 aliphatic carbocycles. The van der Waals surface area contributed by atoms with Gasteiger partial charge in [-0.2, -0.15) is 0 Å². The van der Waals surface area contributed by atoms with E-state index >= 15 is 0 Å². The summed E-state index contributed by atoms with van der Waals surface area (Å²) in [6.45, 7) is 12.7. The quantitative estimate of drug-likeness (QED) is 0.385. The first-order valence-corrected chi connectivity index (χ1v) is 10.3. The molecule has 0 aliphatic rings. The van der Waals surface area contributed by atoms with Gasteiger partial charge < -0.3 is 18.3 Å². The van der Waals surface area contributed by atoms with Crippen LogP contribution in [0, 0.1) is 0 Å². The van der Waals surface area contributed by atoms with Crippen LogP contribution in [-0.4, -0.2) is 59.9 Å². The number of nitrogens with zero attached hydrogens (tertiary/aromatic N) is 1. The molecule has 128 valence electrons. The summed E-state index contributed by atoms with van der Waals surface area (Å²) >= 11 is 0. The molecule has 0 aromatic rings. The largest absolute Gasteiger partial charge is 0.398 e. The summed E-state index contributed by atoms with van der Waals surface area (Å²) in [5.41, 5.74) is 0. The first kappa shape index (κ1) is 21.0. The van der Waals surface area contributed by atoms with Gasteiger partial charge in [0, 0.05) is 34.0 Å². The lowest BCUT2D eigenvalue weighted by Gasteiger charge is -2.34. The molecule has 0 radical (unpaired) electrons. The molecule has 5 nitrogen and oxygen atoms in total. The van der Waals surface area contributed by atoms with Crippen LogP contribution >= 0.6 is 0 Å². The third kappa shape index (κ3) is 7.21. The van der Waals surface area contributed by atoms with Crippen molar-refractivity contribution < 1.29 is 18.3 Å². The highest BCUT2D eigenvalue weighted by atomic mass is 28.4. The van der Waals surface area contributed by atoms with E-state index in [0.717, 1.165) is 25.1 Å². The minimum absolute atomic E-state index is 0.0549. The molecule has 0 bridgehead atoms. The van der Waals surface area contributed by atoms with Crippen molar-refractivity contribution in [3.8, 4) is 0 Å². The lowest BCUT2D eigenvalue weighted by molar-refractivity contribution is -0.136. The van der Waals surface area contributed by atoms with Crippen LogP contribution in [0.5, 0.6) is 0 Å². The van der Waals surface area contributed by atoms with Gasteiger partial charge in [0.2, 0.25) is 0 Å². The molecule has 0 fully saturated rings. The molecular formula is C15H35NO4Si. The first-order chi connectivity index (χ1) is 10.00. The Morgan fingerprint density at radius 2 is 1.38 bits per heavy atom. The summed E-state index contributed by atoms with van der Waals surface area (Å²) in [5, 5.41) is 0. The maximum Gasteiger partial charge on any atom is 0.337 e. The number of hydrogen-bond donors (Lipinski definition) is 0. The molecule has 0 aliphatic heterocycles. The first-order valence-electron chi connectivity index (χ1n) is 8.09. The summed E-state index contributed by atoms with van der Waals surface area (Å²) in [7, 11) is 1.53. The van der Waals surface area contributed by atoms with Crippen molar-refractivity contribution in [2.45, 2.75) is 65.6 Å². The van der Waals surface area contributed by atoms with Gasteiger partial charge in [0.05, 0.1) is 0 Å². The molecule has 6 heteroatoms. The van der Waals surface area contributed by atoms with Crippen LogP contribution in [0.15, 0.2) is 0 Å². The maximum atomic E-state index is 5.73. The molecule has 0 saturated carbocycles. The monoisotopic (exact) mass is 321 g/mol. The summed E-state index contributed by atoms with van der Waals surface area (Å²) in [4.78, 5) is 2.26. The van der Waals surface area contributed by atoms with Crippen LogP contribution in [0.25, 0.3) is 0 Å². The Kier molecular flexibility index (Phi) is 11.6. The number of rotatable bonds is 13. The van der Waals surface area contributed by atoms with Crippen molar-refractivity contribution in [2.75, 3.05) is 34.0 Å². The van der Waals surface area contributed by atoms with Gasteiger partial charge in [0.25, 0.3) is 0 Å². The summed E-state index contributed by atoms with van der Waals surface area (Å²) in [5.74, 6) is 0. The summed E-state index contributed by atoms with van der Waals surface area (Å²) in [6, 6.07) is 1.96. The molecule has 2 unspecified atom stereocenters. The SMILES string of the molecule is CCOC(C)N(CCC[Si](CC)(OC)OC)C(C)OCC. The number of hydrogen-bond acceptors (Lipinski definition) is 5. The zero-order valence-corrected chi connectivity index (χ0v) is 16.0. The van der Waals surface area contributed by atoms with Crippen LogP contribution in [0.1, 0.15) is 41.0 Å². The van der Waals surface area contributed by atoms with E-state index in [0.29, 0.717) is 13.2 Å². The van der Waals surface area contributed by atoms with Gasteiger partial charge in [0.15, 0.2) is 0 Å². The highest BCUT2D eigenvalue weighted by molar-refractivity contribution is 6.67. The van der Waals surface area contributed by atoms with Gasteiger partial charge in [-0.3, -0.25) is 4.90 Å². The Labute approximate surface area is 132 Å². The molecule has 0 N–H and O–H groups in total. The fraction of sp³-hybridized carbons (Fsp3) is 1.00. The van der Waals surface area contributed by atoms with Crippen molar-refractivity contribution in [3.63, 3.8) is 0 Å². The molecule has 0 aromatic carbocycles. The Morgan fingerprint density at radius 1 is 0.905 bits per heavy atom. The Bertz CT molecular complexity index is 232. The Balaban J connectivity index is 4.53. The van der Waals surface area contributed by atoms with Gasteiger partial charge in [-0.1, -0.05) is 6.92 Å². The molecule has 0 amide bonds. The molecule has 2 atom stereocenters. The van der Waals surface area contributed by atoms with Crippen LogP contribution < -0.4 is 0 Å². The molecule has 0 rings (SSSR count). The van der Waals surface area contributed by atoms with Crippen molar-refractivity contribution in [1.82, 2.24) is 4.90 Å². The molecule has 0 aromatic heterocycles. The van der Waals surface area contributed by atoms with Gasteiger partial charge in [-0.15, -0.1) is 0 Å². The van der Waals surface area contributed by atoms with E-state index in [-0.39, 0.29) is 12.5 Å². The Hall–Kier alpha value is 0.0169. The van der Waals surface area contributed by atoms with Crippen LogP contribution in [0.2, 0.25) is 12.1 Å². The van der Waals surface area contributed by atoms with Crippen LogP contribution in [0.3, 0.4) is 0 Å². The van der Waals surface area contributed by atoms with Crippen LogP contribution in [-0.2, 0) is 18.3 Å². The fourth-order valence-corrected chi connectivity index (χ4v) is 4.82. The van der Waals surface area contributed by atoms with Gasteiger partial charge >= 0.3 is 8.56 Å². The normalized spacial score (nSPS) is 15.4. The van der Waals surface area contributed by atoms with E-state index in [1.807, 2.05) is 13.8 Å². The lowest BCUT2D eigenvalue weighted by atomic mass is 10.3. The van der Waals surface area contributed by atoms with Gasteiger partial charge in [-0.25, -0.2) is 0 Å². The lowest BCUT2D eigenvalue weighted by Crippen LogP contribution is -2.45. The second-order valence-corrected chi connectivity index (χ2v) is 8.97. The molecular weight excluding hydrogens is 286 g/mol. The third-order valence-electron chi connectivity index (χ3n) is 4.01. The van der Waals surface area contributed by atoms with Crippen molar-refractivity contribution >= 4 is 8.56 Å². The molecule has 0 heterocycles. The molecule has 0 saturated heterocycles. The van der Waals surface area contributed by atoms with Crippen molar-refractivity contribution in [1.29, 1.82) is 0 Å². The van der Waals surface area contributed by atoms with E-state index in [9.17, 15) is 0 Å². The highest BCUT2D eigenvalue weighted by Crippen LogP contribution is 2.20. The predicted molar refractivity (Wildman–Crippen MR) is 88.6 cm³/mol. The van der Waals surface area contributed by atoms with Gasteiger partial charge in [0.1, 0.15) is 12.5 Å². The maximum absolute atomic E-state index is 5.73. The van der Waals surface area contributed by atoms with E-state index in [2.05, 4.69) is 25.7 Å². The topological polar surface area (TPSA) is 40.2 Å². The second-order valence-electron chi connectivity index (χ2n) is 5.12. The average molecular weight is 322 g/mol. The van der Waals surface area contributed by atoms with E-state index in [4.69, 9.17) is 18.3 Å². The second kappa shape index (κ2) is 11.6.